The molecule has 0 heterocycles. The van der Waals surface area contributed by atoms with E-state index in [1.54, 1.807) is 7.11 Å². The zero-order chi connectivity index (χ0) is 14.3. The van der Waals surface area contributed by atoms with Crippen LogP contribution in [0.3, 0.4) is 0 Å². The van der Waals surface area contributed by atoms with Crippen molar-refractivity contribution in [3.8, 4) is 5.75 Å². The second-order valence-corrected chi connectivity index (χ2v) is 5.28. The van der Waals surface area contributed by atoms with Crippen molar-refractivity contribution in [1.82, 2.24) is 5.32 Å². The van der Waals surface area contributed by atoms with Crippen LogP contribution in [0.2, 0.25) is 0 Å². The lowest BCUT2D eigenvalue weighted by atomic mass is 10.0. The van der Waals surface area contributed by atoms with Gasteiger partial charge in [-0.2, -0.15) is 0 Å². The van der Waals surface area contributed by atoms with E-state index in [2.05, 4.69) is 38.2 Å². The Bertz CT molecular complexity index is 377. The molecule has 1 rings (SSSR count). The first-order chi connectivity index (χ1) is 9.04. The second-order valence-electron chi connectivity index (χ2n) is 5.28. The fraction of sp³-hybridized carbons (Fsp3) is 0.625. The average Bonchev–Trinajstić information content (AvgIpc) is 2.39. The summed E-state index contributed by atoms with van der Waals surface area (Å²) in [6, 6.07) is 8.46. The summed E-state index contributed by atoms with van der Waals surface area (Å²) in [6.45, 7) is 9.98. The average molecular weight is 265 g/mol. The van der Waals surface area contributed by atoms with E-state index in [1.165, 1.54) is 5.56 Å². The predicted octanol–water partition coefficient (Wildman–Crippen LogP) is 3.55. The molecule has 0 aromatic heterocycles. The Morgan fingerprint density at radius 2 is 1.89 bits per heavy atom. The molecule has 1 aromatic carbocycles. The van der Waals surface area contributed by atoms with Crippen LogP contribution in [0.1, 0.15) is 45.7 Å². The van der Waals surface area contributed by atoms with Gasteiger partial charge in [0.05, 0.1) is 12.7 Å². The monoisotopic (exact) mass is 265 g/mol. The molecule has 19 heavy (non-hydrogen) atoms. The minimum Gasteiger partial charge on any atom is -0.496 e. The third kappa shape index (κ3) is 4.84. The molecule has 0 aliphatic rings. The van der Waals surface area contributed by atoms with Crippen LogP contribution in [0.15, 0.2) is 24.3 Å². The first-order valence-electron chi connectivity index (χ1n) is 7.04. The fourth-order valence-corrected chi connectivity index (χ4v) is 2.24. The van der Waals surface area contributed by atoms with Gasteiger partial charge in [-0.15, -0.1) is 0 Å². The van der Waals surface area contributed by atoms with E-state index >= 15 is 0 Å². The zero-order valence-electron chi connectivity index (χ0n) is 12.8. The van der Waals surface area contributed by atoms with Crippen molar-refractivity contribution in [3.63, 3.8) is 0 Å². The van der Waals surface area contributed by atoms with Gasteiger partial charge in [-0.05, 0) is 33.3 Å². The summed E-state index contributed by atoms with van der Waals surface area (Å²) < 4.78 is 11.2. The van der Waals surface area contributed by atoms with Crippen molar-refractivity contribution in [1.29, 1.82) is 0 Å². The van der Waals surface area contributed by atoms with E-state index in [9.17, 15) is 0 Å². The van der Waals surface area contributed by atoms with E-state index in [0.29, 0.717) is 0 Å². The molecule has 0 amide bonds. The normalized spacial score (nSPS) is 13.3. The number of hydrogen-bond acceptors (Lipinski definition) is 3. The molecular weight excluding hydrogens is 238 g/mol. The lowest BCUT2D eigenvalue weighted by Gasteiger charge is -2.28. The molecule has 3 nitrogen and oxygen atoms in total. The Morgan fingerprint density at radius 1 is 1.21 bits per heavy atom. The van der Waals surface area contributed by atoms with Gasteiger partial charge >= 0.3 is 0 Å². The van der Waals surface area contributed by atoms with Gasteiger partial charge in [0.25, 0.3) is 0 Å². The van der Waals surface area contributed by atoms with Gasteiger partial charge in [0.2, 0.25) is 0 Å². The number of ether oxygens (including phenoxy) is 2. The number of nitrogens with one attached hydrogen (secondary N) is 1. The van der Waals surface area contributed by atoms with Gasteiger partial charge in [-0.3, -0.25) is 0 Å². The molecule has 1 atom stereocenters. The number of hydrogen-bond donors (Lipinski definition) is 1. The summed E-state index contributed by atoms with van der Waals surface area (Å²) in [5.74, 6) is 0.941. The summed E-state index contributed by atoms with van der Waals surface area (Å²) >= 11 is 0. The summed E-state index contributed by atoms with van der Waals surface area (Å²) in [6.07, 6.45) is 1.02. The Morgan fingerprint density at radius 3 is 2.47 bits per heavy atom. The smallest absolute Gasteiger partial charge is 0.123 e. The van der Waals surface area contributed by atoms with E-state index in [-0.39, 0.29) is 11.6 Å². The van der Waals surface area contributed by atoms with Crippen molar-refractivity contribution in [2.45, 2.75) is 45.8 Å². The molecule has 0 bridgehead atoms. The van der Waals surface area contributed by atoms with Gasteiger partial charge in [-0.25, -0.2) is 0 Å². The van der Waals surface area contributed by atoms with Crippen LogP contribution in [0, 0.1) is 0 Å². The highest BCUT2D eigenvalue weighted by Gasteiger charge is 2.21. The third-order valence-corrected chi connectivity index (χ3v) is 3.23. The first kappa shape index (κ1) is 16.0. The van der Waals surface area contributed by atoms with Gasteiger partial charge in [0, 0.05) is 24.8 Å². The Balaban J connectivity index is 2.73. The molecule has 1 aromatic rings. The molecule has 108 valence electrons. The lowest BCUT2D eigenvalue weighted by Crippen LogP contribution is -2.39. The molecule has 1 N–H and O–H groups in total. The predicted molar refractivity (Wildman–Crippen MR) is 79.7 cm³/mol. The summed E-state index contributed by atoms with van der Waals surface area (Å²) in [5.41, 5.74) is 1.06. The molecule has 0 fully saturated rings. The molecule has 1 unspecified atom stereocenters. The van der Waals surface area contributed by atoms with Gasteiger partial charge in [-0.1, -0.05) is 25.1 Å². The van der Waals surface area contributed by atoms with Crippen LogP contribution in [0.4, 0.5) is 0 Å². The number of methoxy groups -OCH3 is 1. The van der Waals surface area contributed by atoms with Crippen LogP contribution in [0.25, 0.3) is 0 Å². The Hall–Kier alpha value is -1.06. The molecule has 0 radical (unpaired) electrons. The van der Waals surface area contributed by atoms with Crippen molar-refractivity contribution in [2.75, 3.05) is 20.3 Å². The summed E-state index contributed by atoms with van der Waals surface area (Å²) in [7, 11) is 1.72. The molecule has 0 saturated carbocycles. The zero-order valence-corrected chi connectivity index (χ0v) is 12.8. The molecule has 3 heteroatoms. The number of rotatable bonds is 8. The van der Waals surface area contributed by atoms with Crippen LogP contribution >= 0.6 is 0 Å². The van der Waals surface area contributed by atoms with Crippen LogP contribution in [0.5, 0.6) is 5.75 Å². The highest BCUT2D eigenvalue weighted by atomic mass is 16.5. The maximum atomic E-state index is 5.72. The summed E-state index contributed by atoms with van der Waals surface area (Å²) in [5, 5.41) is 3.58. The topological polar surface area (TPSA) is 30.5 Å². The number of benzene rings is 1. The standard InChI is InChI=1S/C16H27NO2/c1-6-14(17-12-16(3,4)19-7-2)13-10-8-9-11-15(13)18-5/h8-11,14,17H,6-7,12H2,1-5H3. The fourth-order valence-electron chi connectivity index (χ4n) is 2.24. The molecule has 0 aliphatic carbocycles. The minimum absolute atomic E-state index is 0.149. The van der Waals surface area contributed by atoms with E-state index in [4.69, 9.17) is 9.47 Å². The molecule has 0 spiro atoms. The quantitative estimate of drug-likeness (QED) is 0.779. The largest absolute Gasteiger partial charge is 0.496 e. The lowest BCUT2D eigenvalue weighted by molar-refractivity contribution is -0.0107. The van der Waals surface area contributed by atoms with Crippen molar-refractivity contribution < 1.29 is 9.47 Å². The van der Waals surface area contributed by atoms with Crippen molar-refractivity contribution in [2.24, 2.45) is 0 Å². The van der Waals surface area contributed by atoms with E-state index in [1.807, 2.05) is 19.1 Å². The highest BCUT2D eigenvalue weighted by Crippen LogP contribution is 2.27. The number of para-hydroxylation sites is 1. The van der Waals surface area contributed by atoms with Gasteiger partial charge in [0.1, 0.15) is 5.75 Å². The van der Waals surface area contributed by atoms with E-state index in [0.717, 1.165) is 25.3 Å². The van der Waals surface area contributed by atoms with Crippen LogP contribution < -0.4 is 10.1 Å². The van der Waals surface area contributed by atoms with Gasteiger partial charge in [0.15, 0.2) is 0 Å². The molecule has 0 aliphatic heterocycles. The molecule has 0 saturated heterocycles. The summed E-state index contributed by atoms with van der Waals surface area (Å²) in [4.78, 5) is 0. The van der Waals surface area contributed by atoms with Crippen LogP contribution in [-0.2, 0) is 4.74 Å². The molecular formula is C16H27NO2. The Labute approximate surface area is 117 Å². The minimum atomic E-state index is -0.149. The van der Waals surface area contributed by atoms with Gasteiger partial charge < -0.3 is 14.8 Å². The van der Waals surface area contributed by atoms with Crippen molar-refractivity contribution >= 4 is 0 Å². The maximum Gasteiger partial charge on any atom is 0.123 e. The third-order valence-electron chi connectivity index (χ3n) is 3.23. The van der Waals surface area contributed by atoms with Crippen molar-refractivity contribution in [3.05, 3.63) is 29.8 Å². The highest BCUT2D eigenvalue weighted by molar-refractivity contribution is 5.35. The SMILES string of the molecule is CCOC(C)(C)CNC(CC)c1ccccc1OC. The second kappa shape index (κ2) is 7.51. The Kier molecular flexibility index (Phi) is 6.32. The first-order valence-corrected chi connectivity index (χ1v) is 7.04. The maximum absolute atomic E-state index is 5.72. The van der Waals surface area contributed by atoms with Crippen LogP contribution in [-0.4, -0.2) is 25.9 Å². The van der Waals surface area contributed by atoms with E-state index < -0.39 is 0 Å².